The number of carbonyl (C=O) groups excluding carboxylic acids is 1. The maximum absolute atomic E-state index is 12.5. The number of aryl methyl sites for hydroxylation is 1. The summed E-state index contributed by atoms with van der Waals surface area (Å²) in [6.45, 7) is 3.11. The summed E-state index contributed by atoms with van der Waals surface area (Å²) in [7, 11) is 0. The third-order valence-corrected chi connectivity index (χ3v) is 4.68. The summed E-state index contributed by atoms with van der Waals surface area (Å²) in [4.78, 5) is 12.5. The average molecular weight is 282 g/mol. The Labute approximate surface area is 126 Å². The van der Waals surface area contributed by atoms with E-state index in [4.69, 9.17) is 5.73 Å². The van der Waals surface area contributed by atoms with Gasteiger partial charge in [-0.2, -0.15) is 0 Å². The second-order valence-electron chi connectivity index (χ2n) is 6.37. The molecular weight excluding hydrogens is 260 g/mol. The molecule has 21 heavy (non-hydrogen) atoms. The Balaban J connectivity index is 1.72. The zero-order valence-corrected chi connectivity index (χ0v) is 12.5. The largest absolute Gasteiger partial charge is 0.351 e. The predicted octanol–water partition coefficient (Wildman–Crippen LogP) is 2.23. The summed E-state index contributed by atoms with van der Waals surface area (Å²) >= 11 is 0. The molecule has 2 aliphatic rings. The van der Waals surface area contributed by atoms with Crippen molar-refractivity contribution >= 4 is 5.91 Å². The van der Waals surface area contributed by atoms with Gasteiger partial charge in [0.1, 0.15) is 0 Å². The lowest BCUT2D eigenvalue weighted by atomic mass is 9.99. The van der Waals surface area contributed by atoms with Gasteiger partial charge in [0.15, 0.2) is 0 Å². The number of benzene rings is 1. The van der Waals surface area contributed by atoms with Crippen molar-refractivity contribution in [1.29, 1.82) is 0 Å². The Morgan fingerprint density at radius 3 is 2.81 bits per heavy atom. The summed E-state index contributed by atoms with van der Waals surface area (Å²) < 4.78 is 0. The van der Waals surface area contributed by atoms with Crippen molar-refractivity contribution in [2.24, 2.45) is 17.1 Å². The van der Waals surface area contributed by atoms with E-state index in [1.165, 1.54) is 25.7 Å². The van der Waals surface area contributed by atoms with Crippen molar-refractivity contribution in [2.75, 3.05) is 13.1 Å². The van der Waals surface area contributed by atoms with Crippen LogP contribution >= 0.6 is 0 Å². The molecule has 3 nitrogen and oxygen atoms in total. The minimum absolute atomic E-state index is 0.00746. The van der Waals surface area contributed by atoms with Gasteiger partial charge >= 0.3 is 0 Å². The van der Waals surface area contributed by atoms with Crippen molar-refractivity contribution in [3.8, 4) is 11.8 Å². The molecule has 3 rings (SSSR count). The van der Waals surface area contributed by atoms with Gasteiger partial charge in [-0.25, -0.2) is 0 Å². The molecule has 3 N–H and O–H groups in total. The fourth-order valence-electron chi connectivity index (χ4n) is 3.04. The normalized spacial score (nSPS) is 18.6. The van der Waals surface area contributed by atoms with Gasteiger partial charge < -0.3 is 11.1 Å². The SMILES string of the molecule is Cc1ccc(C#CCN)c(C(=O)NCC2(C3CC3)CC2)c1. The van der Waals surface area contributed by atoms with Gasteiger partial charge in [-0.15, -0.1) is 0 Å². The Kier molecular flexibility index (Phi) is 3.73. The second kappa shape index (κ2) is 5.54. The molecule has 0 unspecified atom stereocenters. The summed E-state index contributed by atoms with van der Waals surface area (Å²) in [5.74, 6) is 6.67. The van der Waals surface area contributed by atoms with Crippen LogP contribution in [0.3, 0.4) is 0 Å². The molecule has 1 aromatic carbocycles. The fraction of sp³-hybridized carbons (Fsp3) is 0.500. The number of nitrogens with two attached hydrogens (primary N) is 1. The molecule has 3 heteroatoms. The minimum atomic E-state index is -0.00746. The monoisotopic (exact) mass is 282 g/mol. The topological polar surface area (TPSA) is 55.1 Å². The summed E-state index contributed by atoms with van der Waals surface area (Å²) in [6, 6.07) is 5.79. The van der Waals surface area contributed by atoms with Gasteiger partial charge in [0.2, 0.25) is 0 Å². The van der Waals surface area contributed by atoms with Gasteiger partial charge in [0.05, 0.1) is 12.1 Å². The zero-order chi connectivity index (χ0) is 14.9. The highest BCUT2D eigenvalue weighted by molar-refractivity contribution is 5.97. The molecule has 2 fully saturated rings. The van der Waals surface area contributed by atoms with Gasteiger partial charge in [0, 0.05) is 12.1 Å². The first-order chi connectivity index (χ1) is 10.1. The average Bonchev–Trinajstić information content (AvgIpc) is 3.36. The van der Waals surface area contributed by atoms with Gasteiger partial charge in [-0.05, 0) is 56.1 Å². The molecule has 0 atom stereocenters. The number of carbonyl (C=O) groups is 1. The summed E-state index contributed by atoms with van der Waals surface area (Å²) in [5.41, 5.74) is 8.35. The molecule has 0 radical (unpaired) electrons. The van der Waals surface area contributed by atoms with E-state index < -0.39 is 0 Å². The van der Waals surface area contributed by atoms with Crippen molar-refractivity contribution in [3.05, 3.63) is 34.9 Å². The Morgan fingerprint density at radius 1 is 1.43 bits per heavy atom. The molecule has 1 aromatic rings. The lowest BCUT2D eigenvalue weighted by Gasteiger charge is -2.15. The van der Waals surface area contributed by atoms with E-state index >= 15 is 0 Å². The molecule has 0 saturated heterocycles. The Morgan fingerprint density at radius 2 is 2.19 bits per heavy atom. The minimum Gasteiger partial charge on any atom is -0.351 e. The number of amides is 1. The number of nitrogens with one attached hydrogen (secondary N) is 1. The van der Waals surface area contributed by atoms with E-state index in [1.807, 2.05) is 25.1 Å². The first-order valence-electron chi connectivity index (χ1n) is 7.72. The molecule has 2 aliphatic carbocycles. The van der Waals surface area contributed by atoms with Crippen LogP contribution in [0.15, 0.2) is 18.2 Å². The van der Waals surface area contributed by atoms with Gasteiger partial charge in [0.25, 0.3) is 5.91 Å². The van der Waals surface area contributed by atoms with Crippen LogP contribution < -0.4 is 11.1 Å². The van der Waals surface area contributed by atoms with Crippen molar-refractivity contribution in [3.63, 3.8) is 0 Å². The summed E-state index contributed by atoms with van der Waals surface area (Å²) in [5, 5.41) is 3.13. The lowest BCUT2D eigenvalue weighted by Crippen LogP contribution is -2.31. The third-order valence-electron chi connectivity index (χ3n) is 4.68. The predicted molar refractivity (Wildman–Crippen MR) is 83.8 cm³/mol. The van der Waals surface area contributed by atoms with Crippen LogP contribution in [0.4, 0.5) is 0 Å². The number of hydrogen-bond acceptors (Lipinski definition) is 2. The molecule has 110 valence electrons. The van der Waals surface area contributed by atoms with Crippen LogP contribution in [-0.4, -0.2) is 19.0 Å². The highest BCUT2D eigenvalue weighted by atomic mass is 16.1. The summed E-state index contributed by atoms with van der Waals surface area (Å²) in [6.07, 6.45) is 5.22. The van der Waals surface area contributed by atoms with E-state index in [-0.39, 0.29) is 5.91 Å². The molecule has 0 aromatic heterocycles. The van der Waals surface area contributed by atoms with E-state index in [2.05, 4.69) is 17.2 Å². The molecule has 0 heterocycles. The quantitative estimate of drug-likeness (QED) is 0.832. The van der Waals surface area contributed by atoms with Crippen LogP contribution in [0, 0.1) is 30.1 Å². The van der Waals surface area contributed by atoms with Gasteiger partial charge in [-0.1, -0.05) is 23.5 Å². The zero-order valence-electron chi connectivity index (χ0n) is 12.5. The van der Waals surface area contributed by atoms with E-state index in [0.717, 1.165) is 23.6 Å². The molecule has 1 amide bonds. The lowest BCUT2D eigenvalue weighted by molar-refractivity contribution is 0.0942. The van der Waals surface area contributed by atoms with Crippen molar-refractivity contribution in [2.45, 2.75) is 32.6 Å². The molecule has 2 saturated carbocycles. The van der Waals surface area contributed by atoms with Gasteiger partial charge in [-0.3, -0.25) is 4.79 Å². The van der Waals surface area contributed by atoms with Crippen LogP contribution in [-0.2, 0) is 0 Å². The molecular formula is C18H22N2O. The maximum Gasteiger partial charge on any atom is 0.252 e. The molecule has 0 aliphatic heterocycles. The van der Waals surface area contributed by atoms with Crippen LogP contribution in [0.25, 0.3) is 0 Å². The number of rotatable bonds is 4. The smallest absolute Gasteiger partial charge is 0.252 e. The fourth-order valence-corrected chi connectivity index (χ4v) is 3.04. The Bertz CT molecular complexity index is 616. The number of hydrogen-bond donors (Lipinski definition) is 2. The standard InChI is InChI=1S/C18H22N2O/c1-13-4-5-14(3-2-10-19)16(11-13)17(21)20-12-18(8-9-18)15-6-7-15/h4-5,11,15H,6-10,12,19H2,1H3,(H,20,21). The van der Waals surface area contributed by atoms with E-state index in [1.54, 1.807) is 0 Å². The first-order valence-corrected chi connectivity index (χ1v) is 7.72. The third kappa shape index (κ3) is 3.11. The van der Waals surface area contributed by atoms with Crippen LogP contribution in [0.2, 0.25) is 0 Å². The maximum atomic E-state index is 12.5. The van der Waals surface area contributed by atoms with Crippen LogP contribution in [0.5, 0.6) is 0 Å². The second-order valence-corrected chi connectivity index (χ2v) is 6.37. The van der Waals surface area contributed by atoms with E-state index in [0.29, 0.717) is 17.5 Å². The highest BCUT2D eigenvalue weighted by Crippen LogP contribution is 2.60. The van der Waals surface area contributed by atoms with Crippen molar-refractivity contribution < 1.29 is 4.79 Å². The highest BCUT2D eigenvalue weighted by Gasteiger charge is 2.53. The Hall–Kier alpha value is -1.79. The first kappa shape index (κ1) is 14.2. The van der Waals surface area contributed by atoms with Crippen LogP contribution in [0.1, 0.15) is 47.2 Å². The van der Waals surface area contributed by atoms with E-state index in [9.17, 15) is 4.79 Å². The molecule has 0 bridgehead atoms. The molecule has 0 spiro atoms. The van der Waals surface area contributed by atoms with Crippen molar-refractivity contribution in [1.82, 2.24) is 5.32 Å².